The Morgan fingerprint density at radius 2 is 1.47 bits per heavy atom. The smallest absolute Gasteiger partial charge is 0.333 e. The van der Waals surface area contributed by atoms with Crippen molar-refractivity contribution >= 4 is 17.8 Å². The number of carbonyl (C=O) groups excluding carboxylic acids is 3. The molecule has 0 saturated heterocycles. The van der Waals surface area contributed by atoms with Gasteiger partial charge in [0.05, 0.1) is 12.1 Å². The van der Waals surface area contributed by atoms with Gasteiger partial charge < -0.3 is 15.0 Å². The molecule has 0 radical (unpaired) electrons. The second kappa shape index (κ2) is 13.4. The molecule has 0 aromatic rings. The molecule has 0 fully saturated rings. The van der Waals surface area contributed by atoms with E-state index in [0.717, 1.165) is 0 Å². The van der Waals surface area contributed by atoms with Gasteiger partial charge in [-0.1, -0.05) is 47.1 Å². The first kappa shape index (κ1) is 30.3. The Labute approximate surface area is 184 Å². The maximum Gasteiger partial charge on any atom is 0.333 e. The van der Waals surface area contributed by atoms with E-state index in [1.165, 1.54) is 11.3 Å². The summed E-state index contributed by atoms with van der Waals surface area (Å²) in [6.45, 7) is 17.5. The third kappa shape index (κ3) is 10.2. The maximum atomic E-state index is 13.0. The third-order valence-electron chi connectivity index (χ3n) is 4.71. The maximum absolute atomic E-state index is 13.0. The van der Waals surface area contributed by atoms with E-state index in [4.69, 9.17) is 4.74 Å². The van der Waals surface area contributed by atoms with Crippen LogP contribution in [0.2, 0.25) is 0 Å². The van der Waals surface area contributed by atoms with Crippen molar-refractivity contribution in [2.45, 2.75) is 80.3 Å². The minimum absolute atomic E-state index is 0.210. The molecule has 0 aliphatic heterocycles. The van der Waals surface area contributed by atoms with Crippen molar-refractivity contribution in [2.24, 2.45) is 5.41 Å². The molecule has 0 aromatic carbocycles. The van der Waals surface area contributed by atoms with Crippen LogP contribution in [0, 0.1) is 5.41 Å². The molecule has 7 nitrogen and oxygen atoms in total. The Morgan fingerprint density at radius 1 is 1.00 bits per heavy atom. The van der Waals surface area contributed by atoms with Crippen molar-refractivity contribution in [3.05, 3.63) is 11.6 Å². The van der Waals surface area contributed by atoms with Crippen molar-refractivity contribution in [1.82, 2.24) is 15.1 Å². The minimum atomic E-state index is -0.747. The van der Waals surface area contributed by atoms with E-state index in [2.05, 4.69) is 19.2 Å². The molecule has 0 spiro atoms. The standard InChI is InChI=1S/C20H37N3O4.C3H8/c1-11-27-17(25)14(2)12-13-23(10)16(24)15(19(3,4)5)21-18(26)20(6,7)22(8)9;1-3-2/h12,15H,11,13H2,1-10H3,(H,21,26);3H2,1-2H3/b14-12+;. The summed E-state index contributed by atoms with van der Waals surface area (Å²) in [4.78, 5) is 40.7. The lowest BCUT2D eigenvalue weighted by molar-refractivity contribution is -0.141. The molecule has 0 aromatic heterocycles. The number of esters is 1. The van der Waals surface area contributed by atoms with E-state index in [9.17, 15) is 14.4 Å². The van der Waals surface area contributed by atoms with Gasteiger partial charge in [-0.05, 0) is 47.2 Å². The van der Waals surface area contributed by atoms with Gasteiger partial charge >= 0.3 is 5.97 Å². The molecule has 0 heterocycles. The number of amides is 2. The first-order valence-electron chi connectivity index (χ1n) is 10.6. The summed E-state index contributed by atoms with van der Waals surface area (Å²) >= 11 is 0. The predicted molar refractivity (Wildman–Crippen MR) is 123 cm³/mol. The topological polar surface area (TPSA) is 79.0 Å². The molecule has 0 aliphatic carbocycles. The zero-order valence-electron chi connectivity index (χ0n) is 21.3. The summed E-state index contributed by atoms with van der Waals surface area (Å²) in [6.07, 6.45) is 2.90. The predicted octanol–water partition coefficient (Wildman–Crippen LogP) is 3.24. The largest absolute Gasteiger partial charge is 0.463 e. The fourth-order valence-corrected chi connectivity index (χ4v) is 2.07. The summed E-state index contributed by atoms with van der Waals surface area (Å²) in [5.41, 5.74) is -0.770. The van der Waals surface area contributed by atoms with Crippen molar-refractivity contribution in [2.75, 3.05) is 34.3 Å². The number of likely N-dealkylation sites (N-methyl/N-ethyl adjacent to an activating group) is 2. The minimum Gasteiger partial charge on any atom is -0.463 e. The summed E-state index contributed by atoms with van der Waals surface area (Å²) in [6, 6.07) is -0.689. The van der Waals surface area contributed by atoms with E-state index in [1.807, 2.05) is 53.6 Å². The lowest BCUT2D eigenvalue weighted by Crippen LogP contribution is -2.60. The van der Waals surface area contributed by atoms with Gasteiger partial charge in [-0.15, -0.1) is 0 Å². The molecule has 1 atom stereocenters. The Kier molecular flexibility index (Phi) is 13.6. The highest BCUT2D eigenvalue weighted by Crippen LogP contribution is 2.22. The molecule has 1 N–H and O–H groups in total. The van der Waals surface area contributed by atoms with E-state index >= 15 is 0 Å². The first-order valence-corrected chi connectivity index (χ1v) is 10.6. The van der Waals surface area contributed by atoms with Gasteiger partial charge in [0, 0.05) is 19.2 Å². The average Bonchev–Trinajstić information content (AvgIpc) is 2.62. The highest BCUT2D eigenvalue weighted by atomic mass is 16.5. The Bertz CT molecular complexity index is 590. The van der Waals surface area contributed by atoms with E-state index in [-0.39, 0.29) is 18.4 Å². The van der Waals surface area contributed by atoms with Crippen LogP contribution in [0.3, 0.4) is 0 Å². The number of carbonyl (C=O) groups is 3. The number of hydrogen-bond donors (Lipinski definition) is 1. The fourth-order valence-electron chi connectivity index (χ4n) is 2.07. The lowest BCUT2D eigenvalue weighted by atomic mass is 9.85. The second-order valence-electron chi connectivity index (χ2n) is 9.26. The molecule has 176 valence electrons. The van der Waals surface area contributed by atoms with E-state index in [1.54, 1.807) is 27.0 Å². The van der Waals surface area contributed by atoms with Crippen LogP contribution in [0.1, 0.15) is 68.7 Å². The molecular formula is C23H45N3O4. The zero-order valence-corrected chi connectivity index (χ0v) is 21.3. The van der Waals surface area contributed by atoms with E-state index in [0.29, 0.717) is 12.2 Å². The molecule has 0 aliphatic rings. The van der Waals surface area contributed by atoms with Gasteiger partial charge in [0.1, 0.15) is 6.04 Å². The number of hydrogen-bond acceptors (Lipinski definition) is 5. The third-order valence-corrected chi connectivity index (χ3v) is 4.71. The van der Waals surface area contributed by atoms with Gasteiger partial charge in [-0.2, -0.15) is 0 Å². The van der Waals surface area contributed by atoms with Crippen molar-refractivity contribution in [3.63, 3.8) is 0 Å². The summed E-state index contributed by atoms with van der Waals surface area (Å²) in [7, 11) is 5.30. The van der Waals surface area contributed by atoms with Crippen molar-refractivity contribution in [1.29, 1.82) is 0 Å². The summed E-state index contributed by atoms with van der Waals surface area (Å²) in [5, 5.41) is 2.91. The van der Waals surface area contributed by atoms with Gasteiger partial charge in [-0.3, -0.25) is 14.5 Å². The Hall–Kier alpha value is -1.89. The van der Waals surface area contributed by atoms with Crippen LogP contribution in [-0.4, -0.2) is 73.5 Å². The molecule has 0 rings (SSSR count). The van der Waals surface area contributed by atoms with Crippen LogP contribution in [0.5, 0.6) is 0 Å². The molecule has 0 saturated carbocycles. The van der Waals surface area contributed by atoms with Crippen LogP contribution >= 0.6 is 0 Å². The average molecular weight is 428 g/mol. The fraction of sp³-hybridized carbons (Fsp3) is 0.783. The van der Waals surface area contributed by atoms with Gasteiger partial charge in [-0.25, -0.2) is 4.79 Å². The number of nitrogens with zero attached hydrogens (tertiary/aromatic N) is 2. The van der Waals surface area contributed by atoms with Crippen molar-refractivity contribution in [3.8, 4) is 0 Å². The normalized spacial score (nSPS) is 13.2. The van der Waals surface area contributed by atoms with Gasteiger partial charge in [0.2, 0.25) is 11.8 Å². The molecule has 0 bridgehead atoms. The van der Waals surface area contributed by atoms with Crippen LogP contribution in [-0.2, 0) is 19.1 Å². The molecule has 7 heteroatoms. The Morgan fingerprint density at radius 3 is 1.83 bits per heavy atom. The Balaban J connectivity index is 0. The molecule has 1 unspecified atom stereocenters. The zero-order chi connectivity index (χ0) is 24.3. The van der Waals surface area contributed by atoms with Crippen LogP contribution < -0.4 is 5.32 Å². The number of rotatable bonds is 8. The lowest BCUT2D eigenvalue weighted by Gasteiger charge is -2.37. The first-order chi connectivity index (χ1) is 13.6. The second-order valence-corrected chi connectivity index (χ2v) is 9.26. The highest BCUT2D eigenvalue weighted by Gasteiger charge is 2.39. The highest BCUT2D eigenvalue weighted by molar-refractivity contribution is 5.92. The number of nitrogens with one attached hydrogen (secondary N) is 1. The molecule has 30 heavy (non-hydrogen) atoms. The monoisotopic (exact) mass is 427 g/mol. The van der Waals surface area contributed by atoms with Crippen LogP contribution in [0.15, 0.2) is 11.6 Å². The summed E-state index contributed by atoms with van der Waals surface area (Å²) < 4.78 is 4.94. The van der Waals surface area contributed by atoms with Gasteiger partial charge in [0.25, 0.3) is 0 Å². The quantitative estimate of drug-likeness (QED) is 0.475. The molecular weight excluding hydrogens is 382 g/mol. The molecule has 2 amide bonds. The van der Waals surface area contributed by atoms with Crippen molar-refractivity contribution < 1.29 is 19.1 Å². The van der Waals surface area contributed by atoms with Gasteiger partial charge in [0.15, 0.2) is 0 Å². The number of ether oxygens (including phenoxy) is 1. The SMILES string of the molecule is CCC.CCOC(=O)/C(C)=C/CN(C)C(=O)C(NC(=O)C(C)(C)N(C)C)C(C)(C)C. The van der Waals surface area contributed by atoms with Crippen LogP contribution in [0.25, 0.3) is 0 Å². The van der Waals surface area contributed by atoms with Crippen LogP contribution in [0.4, 0.5) is 0 Å². The summed E-state index contributed by atoms with van der Waals surface area (Å²) in [5.74, 6) is -0.822. The van der Waals surface area contributed by atoms with E-state index < -0.39 is 23.0 Å².